The predicted octanol–water partition coefficient (Wildman–Crippen LogP) is -8.48. The number of aliphatic hydroxyl groups is 7. The summed E-state index contributed by atoms with van der Waals surface area (Å²) in [7, 11) is 0. The number of rotatable bonds is 14. The number of carbonyl (C=O) groups is 1. The van der Waals surface area contributed by atoms with Crippen molar-refractivity contribution in [1.29, 1.82) is 0 Å². The summed E-state index contributed by atoms with van der Waals surface area (Å²) >= 11 is 0. The van der Waals surface area contributed by atoms with Crippen molar-refractivity contribution in [2.45, 2.75) is 117 Å². The normalized spacial score (nSPS) is 42.0. The van der Waals surface area contributed by atoms with Gasteiger partial charge in [0.1, 0.15) is 42.7 Å². The maximum absolute atomic E-state index is 13.0. The highest BCUT2D eigenvalue weighted by molar-refractivity contribution is 5.81. The van der Waals surface area contributed by atoms with E-state index < -0.39 is 111 Å². The Hall–Kier alpha value is -1.21. The van der Waals surface area contributed by atoms with Crippen molar-refractivity contribution >= 4 is 5.91 Å². The molecule has 19 heteroatoms. The Bertz CT molecular complexity index is 883. The average Bonchev–Trinajstić information content (AvgIpc) is 3.01. The molecule has 3 rings (SSSR count). The molecular weight excluding hydrogens is 590 g/mol. The summed E-state index contributed by atoms with van der Waals surface area (Å²) in [5, 5.41) is 76.4. The lowest BCUT2D eigenvalue weighted by molar-refractivity contribution is -0.314. The number of hydrogen-bond donors (Lipinski definition) is 14. The van der Waals surface area contributed by atoms with Gasteiger partial charge in [-0.2, -0.15) is 0 Å². The van der Waals surface area contributed by atoms with Gasteiger partial charge in [-0.25, -0.2) is 0 Å². The third-order valence-electron chi connectivity index (χ3n) is 8.36. The fourth-order valence-corrected chi connectivity index (χ4v) is 5.57. The van der Waals surface area contributed by atoms with Gasteiger partial charge in [0.25, 0.3) is 5.91 Å². The quantitative estimate of drug-likeness (QED) is 0.0782. The fourth-order valence-electron chi connectivity index (χ4n) is 5.57. The van der Waals surface area contributed by atoms with Gasteiger partial charge in [-0.3, -0.25) is 4.79 Å². The molecule has 1 aliphatic carbocycles. The molecule has 258 valence electrons. The van der Waals surface area contributed by atoms with Gasteiger partial charge >= 0.3 is 0 Å². The van der Waals surface area contributed by atoms with E-state index in [1.807, 2.05) is 0 Å². The van der Waals surface area contributed by atoms with Crippen LogP contribution in [0, 0.1) is 0 Å². The molecule has 2 saturated heterocycles. The van der Waals surface area contributed by atoms with Crippen LogP contribution < -0.4 is 39.3 Å². The zero-order valence-corrected chi connectivity index (χ0v) is 24.5. The molecule has 1 amide bonds. The van der Waals surface area contributed by atoms with Crippen LogP contribution in [0.3, 0.4) is 0 Å². The molecule has 0 radical (unpaired) electrons. The van der Waals surface area contributed by atoms with E-state index in [4.69, 9.17) is 52.7 Å². The van der Waals surface area contributed by atoms with Gasteiger partial charge in [-0.05, 0) is 19.3 Å². The predicted molar refractivity (Wildman–Crippen MR) is 151 cm³/mol. The SMILES string of the molecule is NC1CC[C@@H](CNCCO)O[C@@H]1OC1C(O)C(O[C@H]2OC(CO)C(O)[C@H](N)C2O)[C@H](NC(=O)[C@@H](O)[C@@H](N)[C@@H](N)CO)C[C@@H]1N. The standard InChI is InChI=1S/C25H51N7O12/c26-10-2-1-9(6-31-3-4-33)41-24(10)43-21-11(27)5-13(32-23(40)18(37)15(29)12(28)7-34)22(20(21)39)44-25-19(38)16(30)17(36)14(8-35)42-25/h9-22,24-25,31,33-39H,1-8,26-30H2,(H,32,40)/t9-,10?,11-,12-,13+,14?,15-,16-,17?,18-,19?,20?,21?,22?,24+,25+/m0/s1. The van der Waals surface area contributed by atoms with E-state index in [1.54, 1.807) is 0 Å². The lowest BCUT2D eigenvalue weighted by atomic mass is 9.83. The number of ether oxygens (including phenoxy) is 4. The van der Waals surface area contributed by atoms with Gasteiger partial charge in [0, 0.05) is 25.2 Å². The first-order chi connectivity index (χ1) is 20.8. The van der Waals surface area contributed by atoms with E-state index >= 15 is 0 Å². The van der Waals surface area contributed by atoms with Crippen LogP contribution in [0.4, 0.5) is 0 Å². The van der Waals surface area contributed by atoms with Crippen molar-refractivity contribution in [3.05, 3.63) is 0 Å². The highest BCUT2D eigenvalue weighted by Gasteiger charge is 2.51. The highest BCUT2D eigenvalue weighted by Crippen LogP contribution is 2.31. The second-order valence-electron chi connectivity index (χ2n) is 11.7. The molecular formula is C25H51N7O12. The molecule has 7 unspecified atom stereocenters. The Morgan fingerprint density at radius 3 is 2.23 bits per heavy atom. The molecule has 0 aromatic carbocycles. The number of nitrogens with one attached hydrogen (secondary N) is 2. The summed E-state index contributed by atoms with van der Waals surface area (Å²) in [4.78, 5) is 13.0. The van der Waals surface area contributed by atoms with Gasteiger partial charge in [-0.1, -0.05) is 0 Å². The number of amides is 1. The maximum Gasteiger partial charge on any atom is 0.250 e. The minimum Gasteiger partial charge on any atom is -0.395 e. The second kappa shape index (κ2) is 17.1. The molecule has 3 fully saturated rings. The number of carbonyl (C=O) groups excluding carboxylic acids is 1. The molecule has 0 bridgehead atoms. The fraction of sp³-hybridized carbons (Fsp3) is 0.960. The van der Waals surface area contributed by atoms with Crippen LogP contribution in [-0.4, -0.2) is 172 Å². The minimum absolute atomic E-state index is 0.0477. The van der Waals surface area contributed by atoms with Gasteiger partial charge in [0.05, 0.1) is 50.1 Å². The third-order valence-corrected chi connectivity index (χ3v) is 8.36. The van der Waals surface area contributed by atoms with E-state index in [-0.39, 0.29) is 19.1 Å². The topological polar surface area (TPSA) is 350 Å². The number of hydrogen-bond acceptors (Lipinski definition) is 18. The van der Waals surface area contributed by atoms with Crippen LogP contribution in [0.15, 0.2) is 0 Å². The Kier molecular flexibility index (Phi) is 14.5. The van der Waals surface area contributed by atoms with Crippen molar-refractivity contribution < 1.29 is 59.5 Å². The van der Waals surface area contributed by atoms with Crippen LogP contribution in [0.5, 0.6) is 0 Å². The first kappa shape index (κ1) is 37.2. The summed E-state index contributed by atoms with van der Waals surface area (Å²) in [5.74, 6) is -1.000. The first-order valence-corrected chi connectivity index (χ1v) is 14.8. The van der Waals surface area contributed by atoms with Crippen LogP contribution in [0.1, 0.15) is 19.3 Å². The molecule has 3 aliphatic rings. The average molecular weight is 642 g/mol. The number of nitrogens with two attached hydrogens (primary N) is 5. The van der Waals surface area contributed by atoms with E-state index in [2.05, 4.69) is 10.6 Å². The monoisotopic (exact) mass is 641 g/mol. The van der Waals surface area contributed by atoms with Crippen LogP contribution in [-0.2, 0) is 23.7 Å². The second-order valence-corrected chi connectivity index (χ2v) is 11.7. The summed E-state index contributed by atoms with van der Waals surface area (Å²) in [6, 6.07) is -6.37. The lowest BCUT2D eigenvalue weighted by Crippen LogP contribution is -2.69. The number of aliphatic hydroxyl groups excluding tert-OH is 7. The molecule has 16 atom stereocenters. The molecule has 2 heterocycles. The molecule has 19 nitrogen and oxygen atoms in total. The summed E-state index contributed by atoms with van der Waals surface area (Å²) in [6.07, 6.45) is -12.1. The van der Waals surface area contributed by atoms with Crippen molar-refractivity contribution in [3.63, 3.8) is 0 Å². The largest absolute Gasteiger partial charge is 0.395 e. The van der Waals surface area contributed by atoms with Gasteiger partial charge in [0.2, 0.25) is 0 Å². The van der Waals surface area contributed by atoms with Crippen molar-refractivity contribution in [2.24, 2.45) is 28.7 Å². The molecule has 19 N–H and O–H groups in total. The summed E-state index contributed by atoms with van der Waals surface area (Å²) in [5.41, 5.74) is 30.0. The maximum atomic E-state index is 13.0. The summed E-state index contributed by atoms with van der Waals surface area (Å²) in [6.45, 7) is -0.512. The molecule has 2 aliphatic heterocycles. The van der Waals surface area contributed by atoms with Crippen LogP contribution in [0.25, 0.3) is 0 Å². The van der Waals surface area contributed by atoms with Crippen molar-refractivity contribution in [3.8, 4) is 0 Å². The molecule has 0 aromatic heterocycles. The van der Waals surface area contributed by atoms with E-state index in [0.717, 1.165) is 0 Å². The van der Waals surface area contributed by atoms with Crippen molar-refractivity contribution in [2.75, 3.05) is 32.9 Å². The molecule has 0 spiro atoms. The van der Waals surface area contributed by atoms with Crippen molar-refractivity contribution in [1.82, 2.24) is 10.6 Å². The lowest BCUT2D eigenvalue weighted by Gasteiger charge is -2.48. The Morgan fingerprint density at radius 1 is 0.909 bits per heavy atom. The Morgan fingerprint density at radius 2 is 1.59 bits per heavy atom. The van der Waals surface area contributed by atoms with E-state index in [0.29, 0.717) is 25.9 Å². The zero-order chi connectivity index (χ0) is 32.7. The first-order valence-electron chi connectivity index (χ1n) is 14.8. The van der Waals surface area contributed by atoms with Crippen LogP contribution in [0.2, 0.25) is 0 Å². The smallest absolute Gasteiger partial charge is 0.250 e. The Labute approximate surface area is 254 Å². The van der Waals surface area contributed by atoms with E-state index in [1.165, 1.54) is 0 Å². The van der Waals surface area contributed by atoms with E-state index in [9.17, 15) is 35.4 Å². The minimum atomic E-state index is -1.86. The zero-order valence-electron chi connectivity index (χ0n) is 24.5. The summed E-state index contributed by atoms with van der Waals surface area (Å²) < 4.78 is 23.6. The van der Waals surface area contributed by atoms with Gasteiger partial charge in [-0.15, -0.1) is 0 Å². The molecule has 1 saturated carbocycles. The van der Waals surface area contributed by atoms with Gasteiger partial charge < -0.3 is 94.0 Å². The third kappa shape index (κ3) is 8.98. The molecule has 0 aromatic rings. The highest BCUT2D eigenvalue weighted by atomic mass is 16.7. The van der Waals surface area contributed by atoms with Crippen LogP contribution >= 0.6 is 0 Å². The Balaban J connectivity index is 1.82. The van der Waals surface area contributed by atoms with Gasteiger partial charge in [0.15, 0.2) is 12.6 Å². The molecule has 44 heavy (non-hydrogen) atoms.